The van der Waals surface area contributed by atoms with Crippen molar-refractivity contribution in [1.82, 2.24) is 4.90 Å². The van der Waals surface area contributed by atoms with Crippen LogP contribution < -0.4 is 11.1 Å². The summed E-state index contributed by atoms with van der Waals surface area (Å²) >= 11 is 0. The van der Waals surface area contributed by atoms with Gasteiger partial charge in [0.15, 0.2) is 0 Å². The van der Waals surface area contributed by atoms with Crippen molar-refractivity contribution >= 4 is 17.5 Å². The van der Waals surface area contributed by atoms with E-state index in [1.54, 1.807) is 4.90 Å². The molecule has 1 heterocycles. The maximum atomic E-state index is 12.3. The molecule has 0 spiro atoms. The molecular formula is C19H31N3O3. The SMILES string of the molecule is CCC(O)CCNc1ccc(N)c2c1CCN(C(=O)OC(C)(C)C)C2. The van der Waals surface area contributed by atoms with E-state index in [0.29, 0.717) is 31.7 Å². The Bertz CT molecular complexity index is 611. The summed E-state index contributed by atoms with van der Waals surface area (Å²) in [6.45, 7) is 9.35. The van der Waals surface area contributed by atoms with Crippen molar-refractivity contribution in [3.8, 4) is 0 Å². The first kappa shape index (κ1) is 19.4. The van der Waals surface area contributed by atoms with Crippen LogP contribution in [0.2, 0.25) is 0 Å². The van der Waals surface area contributed by atoms with Gasteiger partial charge in [-0.25, -0.2) is 4.79 Å². The number of hydrogen-bond donors (Lipinski definition) is 3. The summed E-state index contributed by atoms with van der Waals surface area (Å²) in [5.74, 6) is 0. The molecule has 1 amide bonds. The van der Waals surface area contributed by atoms with E-state index in [1.165, 1.54) is 0 Å². The third kappa shape index (κ3) is 5.26. The number of nitrogens with two attached hydrogens (primary N) is 1. The van der Waals surface area contributed by atoms with Gasteiger partial charge in [-0.15, -0.1) is 0 Å². The monoisotopic (exact) mass is 349 g/mol. The van der Waals surface area contributed by atoms with Crippen LogP contribution in [0.5, 0.6) is 0 Å². The minimum atomic E-state index is -0.508. The van der Waals surface area contributed by atoms with E-state index >= 15 is 0 Å². The van der Waals surface area contributed by atoms with Crippen molar-refractivity contribution in [2.45, 2.75) is 65.2 Å². The van der Waals surface area contributed by atoms with Crippen LogP contribution in [0.1, 0.15) is 51.7 Å². The van der Waals surface area contributed by atoms with Crippen molar-refractivity contribution in [3.63, 3.8) is 0 Å². The number of hydrogen-bond acceptors (Lipinski definition) is 5. The maximum Gasteiger partial charge on any atom is 0.410 e. The summed E-state index contributed by atoms with van der Waals surface area (Å²) in [5.41, 5.74) is 9.52. The summed E-state index contributed by atoms with van der Waals surface area (Å²) in [6.07, 6.45) is 1.62. The molecule has 1 unspecified atom stereocenters. The third-order valence-corrected chi connectivity index (χ3v) is 4.36. The lowest BCUT2D eigenvalue weighted by molar-refractivity contribution is 0.0224. The van der Waals surface area contributed by atoms with Crippen molar-refractivity contribution in [2.75, 3.05) is 24.1 Å². The molecule has 0 aliphatic carbocycles. The highest BCUT2D eigenvalue weighted by Gasteiger charge is 2.27. The molecule has 6 nitrogen and oxygen atoms in total. The summed E-state index contributed by atoms with van der Waals surface area (Å²) in [7, 11) is 0. The average Bonchev–Trinajstić information content (AvgIpc) is 2.55. The molecule has 0 saturated carbocycles. The number of fused-ring (bicyclic) bond motifs is 1. The molecule has 2 rings (SSSR count). The van der Waals surface area contributed by atoms with Crippen LogP contribution >= 0.6 is 0 Å². The minimum absolute atomic E-state index is 0.278. The number of nitrogens with zero attached hydrogens (tertiary/aromatic N) is 1. The van der Waals surface area contributed by atoms with E-state index in [4.69, 9.17) is 10.5 Å². The van der Waals surface area contributed by atoms with Gasteiger partial charge < -0.3 is 25.8 Å². The molecule has 1 atom stereocenters. The number of anilines is 2. The molecule has 1 aliphatic heterocycles. The highest BCUT2D eigenvalue weighted by Crippen LogP contribution is 2.31. The first-order chi connectivity index (χ1) is 11.7. The van der Waals surface area contributed by atoms with E-state index in [9.17, 15) is 9.90 Å². The second kappa shape index (κ2) is 7.95. The number of aliphatic hydroxyl groups is 1. The molecule has 0 saturated heterocycles. The number of ether oxygens (including phenoxy) is 1. The van der Waals surface area contributed by atoms with Crippen LogP contribution in [-0.2, 0) is 17.7 Å². The molecule has 0 aromatic heterocycles. The Labute approximate surface area is 150 Å². The topological polar surface area (TPSA) is 87.8 Å². The number of rotatable bonds is 5. The second-order valence-electron chi connectivity index (χ2n) is 7.59. The zero-order valence-corrected chi connectivity index (χ0v) is 15.8. The molecule has 1 aromatic rings. The number of aliphatic hydroxyl groups excluding tert-OH is 1. The Morgan fingerprint density at radius 3 is 2.76 bits per heavy atom. The fourth-order valence-electron chi connectivity index (χ4n) is 2.93. The summed E-state index contributed by atoms with van der Waals surface area (Å²) < 4.78 is 5.47. The average molecular weight is 349 g/mol. The molecule has 0 radical (unpaired) electrons. The molecule has 6 heteroatoms. The van der Waals surface area contributed by atoms with E-state index in [1.807, 2.05) is 39.8 Å². The van der Waals surface area contributed by atoms with Crippen LogP contribution in [0.3, 0.4) is 0 Å². The van der Waals surface area contributed by atoms with Crippen molar-refractivity contribution < 1.29 is 14.6 Å². The van der Waals surface area contributed by atoms with E-state index in [-0.39, 0.29) is 12.2 Å². The zero-order valence-electron chi connectivity index (χ0n) is 15.8. The molecule has 140 valence electrons. The van der Waals surface area contributed by atoms with Crippen LogP contribution in [-0.4, -0.2) is 40.9 Å². The van der Waals surface area contributed by atoms with E-state index in [0.717, 1.165) is 29.7 Å². The van der Waals surface area contributed by atoms with Crippen LogP contribution in [0.15, 0.2) is 12.1 Å². The molecule has 4 N–H and O–H groups in total. The van der Waals surface area contributed by atoms with Gasteiger partial charge in [-0.3, -0.25) is 0 Å². The lowest BCUT2D eigenvalue weighted by atomic mass is 9.96. The highest BCUT2D eigenvalue weighted by atomic mass is 16.6. The smallest absolute Gasteiger partial charge is 0.410 e. The van der Waals surface area contributed by atoms with Gasteiger partial charge in [0.05, 0.1) is 12.6 Å². The van der Waals surface area contributed by atoms with Gasteiger partial charge in [-0.2, -0.15) is 0 Å². The Morgan fingerprint density at radius 1 is 1.40 bits per heavy atom. The van der Waals surface area contributed by atoms with Crippen molar-refractivity contribution in [1.29, 1.82) is 0 Å². The van der Waals surface area contributed by atoms with Gasteiger partial charge in [0.25, 0.3) is 0 Å². The van der Waals surface area contributed by atoms with Crippen molar-refractivity contribution in [2.24, 2.45) is 0 Å². The Morgan fingerprint density at radius 2 is 2.12 bits per heavy atom. The Kier molecular flexibility index (Phi) is 6.16. The van der Waals surface area contributed by atoms with Gasteiger partial charge in [0.2, 0.25) is 0 Å². The predicted molar refractivity (Wildman–Crippen MR) is 101 cm³/mol. The van der Waals surface area contributed by atoms with Gasteiger partial charge in [0.1, 0.15) is 5.60 Å². The fraction of sp³-hybridized carbons (Fsp3) is 0.632. The lowest BCUT2D eigenvalue weighted by Crippen LogP contribution is -2.40. The number of amides is 1. The van der Waals surface area contributed by atoms with E-state index in [2.05, 4.69) is 5.32 Å². The summed E-state index contributed by atoms with van der Waals surface area (Å²) in [6, 6.07) is 3.85. The van der Waals surface area contributed by atoms with Gasteiger partial charge in [0, 0.05) is 24.5 Å². The Hall–Kier alpha value is -1.95. The van der Waals surface area contributed by atoms with Gasteiger partial charge in [-0.1, -0.05) is 6.92 Å². The number of carbonyl (C=O) groups excluding carboxylic acids is 1. The second-order valence-corrected chi connectivity index (χ2v) is 7.59. The summed E-state index contributed by atoms with van der Waals surface area (Å²) in [5, 5.41) is 13.1. The minimum Gasteiger partial charge on any atom is -0.444 e. The first-order valence-electron chi connectivity index (χ1n) is 9.01. The molecular weight excluding hydrogens is 318 g/mol. The molecule has 1 aliphatic rings. The standard InChI is InChI=1S/C19H31N3O3/c1-5-13(23)8-10-21-17-7-6-16(20)15-12-22(11-9-14(15)17)18(24)25-19(2,3)4/h6-7,13,21,23H,5,8-12,20H2,1-4H3. The third-order valence-electron chi connectivity index (χ3n) is 4.36. The first-order valence-corrected chi connectivity index (χ1v) is 9.01. The quantitative estimate of drug-likeness (QED) is 0.711. The molecule has 25 heavy (non-hydrogen) atoms. The Balaban J connectivity index is 2.08. The fourth-order valence-corrected chi connectivity index (χ4v) is 2.93. The lowest BCUT2D eigenvalue weighted by Gasteiger charge is -2.32. The zero-order chi connectivity index (χ0) is 18.6. The van der Waals surface area contributed by atoms with Crippen LogP contribution in [0.25, 0.3) is 0 Å². The highest BCUT2D eigenvalue weighted by molar-refractivity contribution is 5.71. The summed E-state index contributed by atoms with van der Waals surface area (Å²) in [4.78, 5) is 14.0. The van der Waals surface area contributed by atoms with Gasteiger partial charge >= 0.3 is 6.09 Å². The van der Waals surface area contributed by atoms with Gasteiger partial charge in [-0.05, 0) is 63.3 Å². The van der Waals surface area contributed by atoms with E-state index < -0.39 is 5.60 Å². The molecule has 0 fully saturated rings. The van der Waals surface area contributed by atoms with Crippen molar-refractivity contribution in [3.05, 3.63) is 23.3 Å². The number of nitrogen functional groups attached to an aromatic ring is 1. The molecule has 0 bridgehead atoms. The normalized spacial score (nSPS) is 15.5. The molecule has 1 aromatic carbocycles. The maximum absolute atomic E-state index is 12.3. The number of nitrogens with one attached hydrogen (secondary N) is 1. The van der Waals surface area contributed by atoms with Crippen LogP contribution in [0, 0.1) is 0 Å². The number of benzene rings is 1. The largest absolute Gasteiger partial charge is 0.444 e. The predicted octanol–water partition coefficient (Wildman–Crippen LogP) is 3.13. The number of carbonyl (C=O) groups is 1. The van der Waals surface area contributed by atoms with Crippen LogP contribution in [0.4, 0.5) is 16.2 Å².